The van der Waals surface area contributed by atoms with Gasteiger partial charge >= 0.3 is 0 Å². The fourth-order valence-corrected chi connectivity index (χ4v) is 4.05. The zero-order valence-electron chi connectivity index (χ0n) is 11.8. The van der Waals surface area contributed by atoms with E-state index in [0.29, 0.717) is 0 Å². The molecule has 1 N–H and O–H groups in total. The summed E-state index contributed by atoms with van der Waals surface area (Å²) in [6.07, 6.45) is 3.86. The Bertz CT molecular complexity index is 427. The Labute approximate surface area is 121 Å². The number of hydrogen-bond acceptors (Lipinski definition) is 3. The normalized spacial score (nSPS) is 24.2. The fourth-order valence-electron chi connectivity index (χ4n) is 3.33. The molecule has 104 valence electrons. The lowest BCUT2D eigenvalue weighted by atomic mass is 9.87. The Kier molecular flexibility index (Phi) is 4.46. The van der Waals surface area contributed by atoms with Crippen LogP contribution in [0.2, 0.25) is 0 Å². The van der Waals surface area contributed by atoms with Crippen LogP contribution in [0.15, 0.2) is 23.1 Å². The molecule has 2 nitrogen and oxygen atoms in total. The van der Waals surface area contributed by atoms with Crippen LogP contribution < -0.4 is 5.32 Å². The van der Waals surface area contributed by atoms with Crippen molar-refractivity contribution in [3.63, 3.8) is 0 Å². The Hall–Kier alpha value is -0.510. The minimum absolute atomic E-state index is 0.777. The van der Waals surface area contributed by atoms with Gasteiger partial charge < -0.3 is 5.32 Å². The zero-order chi connectivity index (χ0) is 13.1. The summed E-state index contributed by atoms with van der Waals surface area (Å²) in [5.74, 6) is 1.17. The quantitative estimate of drug-likeness (QED) is 0.854. The van der Waals surface area contributed by atoms with E-state index in [9.17, 15) is 0 Å². The predicted molar refractivity (Wildman–Crippen MR) is 83.1 cm³/mol. The summed E-state index contributed by atoms with van der Waals surface area (Å²) < 4.78 is 0. The number of rotatable bonds is 3. The number of nitrogens with zero attached hydrogens (tertiary/aromatic N) is 1. The van der Waals surface area contributed by atoms with Gasteiger partial charge in [0.2, 0.25) is 0 Å². The largest absolute Gasteiger partial charge is 0.314 e. The molecule has 1 aliphatic heterocycles. The van der Waals surface area contributed by atoms with Crippen molar-refractivity contribution in [2.75, 3.05) is 31.9 Å². The summed E-state index contributed by atoms with van der Waals surface area (Å²) in [6.45, 7) is 7.00. The average Bonchev–Trinajstić information content (AvgIpc) is 2.48. The van der Waals surface area contributed by atoms with Crippen LogP contribution in [0, 0.1) is 0 Å². The van der Waals surface area contributed by atoms with Gasteiger partial charge in [-0.05, 0) is 48.3 Å². The molecule has 1 aliphatic carbocycles. The van der Waals surface area contributed by atoms with E-state index < -0.39 is 0 Å². The van der Waals surface area contributed by atoms with Crippen LogP contribution in [-0.4, -0.2) is 42.9 Å². The van der Waals surface area contributed by atoms with Gasteiger partial charge in [-0.1, -0.05) is 13.0 Å². The fraction of sp³-hybridized carbons (Fsp3) is 0.625. The van der Waals surface area contributed by atoms with Crippen molar-refractivity contribution in [3.8, 4) is 0 Å². The number of fused-ring (bicyclic) bond motifs is 1. The van der Waals surface area contributed by atoms with Gasteiger partial charge in [-0.15, -0.1) is 11.8 Å². The number of piperazine rings is 1. The van der Waals surface area contributed by atoms with E-state index in [1.165, 1.54) is 43.0 Å². The van der Waals surface area contributed by atoms with Gasteiger partial charge in [0.05, 0.1) is 0 Å². The van der Waals surface area contributed by atoms with Crippen molar-refractivity contribution in [3.05, 3.63) is 29.3 Å². The van der Waals surface area contributed by atoms with Crippen LogP contribution in [0.4, 0.5) is 0 Å². The smallest absolute Gasteiger partial charge is 0.0140 e. The average molecular weight is 276 g/mol. The Morgan fingerprint density at radius 3 is 2.89 bits per heavy atom. The lowest BCUT2D eigenvalue weighted by molar-refractivity contribution is 0.159. The molecule has 0 bridgehead atoms. The van der Waals surface area contributed by atoms with Crippen LogP contribution in [0.3, 0.4) is 0 Å². The summed E-state index contributed by atoms with van der Waals surface area (Å²) in [5, 5.41) is 3.45. The van der Waals surface area contributed by atoms with Gasteiger partial charge in [-0.3, -0.25) is 4.90 Å². The first-order chi connectivity index (χ1) is 9.36. The predicted octanol–water partition coefficient (Wildman–Crippen LogP) is 2.56. The van der Waals surface area contributed by atoms with E-state index in [4.69, 9.17) is 0 Å². The third kappa shape index (κ3) is 3.15. The number of nitrogens with one attached hydrogen (secondary N) is 1. The molecular formula is C16H24N2S. The Morgan fingerprint density at radius 2 is 2.11 bits per heavy atom. The molecule has 0 spiro atoms. The summed E-state index contributed by atoms with van der Waals surface area (Å²) in [5.41, 5.74) is 3.19. The Morgan fingerprint density at radius 1 is 1.26 bits per heavy atom. The molecule has 0 amide bonds. The molecule has 1 unspecified atom stereocenters. The van der Waals surface area contributed by atoms with Crippen LogP contribution >= 0.6 is 11.8 Å². The molecule has 19 heavy (non-hydrogen) atoms. The van der Waals surface area contributed by atoms with Gasteiger partial charge in [0.15, 0.2) is 0 Å². The minimum Gasteiger partial charge on any atom is -0.314 e. The highest BCUT2D eigenvalue weighted by molar-refractivity contribution is 7.99. The first-order valence-corrected chi connectivity index (χ1v) is 8.54. The minimum atomic E-state index is 0.777. The van der Waals surface area contributed by atoms with E-state index in [2.05, 4.69) is 35.3 Å². The molecule has 0 saturated carbocycles. The highest BCUT2D eigenvalue weighted by Crippen LogP contribution is 2.28. The maximum atomic E-state index is 3.45. The van der Waals surface area contributed by atoms with Gasteiger partial charge in [0, 0.05) is 37.1 Å². The number of thioether (sulfide) groups is 1. The second kappa shape index (κ2) is 6.29. The molecule has 1 aromatic carbocycles. The summed E-state index contributed by atoms with van der Waals surface area (Å²) in [4.78, 5) is 4.13. The molecule has 1 heterocycles. The van der Waals surface area contributed by atoms with E-state index in [0.717, 1.165) is 19.1 Å². The molecule has 0 radical (unpaired) electrons. The SMILES string of the molecule is CCSc1ccc2c(c1)CCC(N1CCNCC1)C2. The van der Waals surface area contributed by atoms with Crippen LogP contribution in [0.25, 0.3) is 0 Å². The van der Waals surface area contributed by atoms with Gasteiger partial charge in [-0.25, -0.2) is 0 Å². The molecule has 1 aromatic rings. The van der Waals surface area contributed by atoms with Crippen molar-refractivity contribution in [1.82, 2.24) is 10.2 Å². The highest BCUT2D eigenvalue weighted by atomic mass is 32.2. The topological polar surface area (TPSA) is 15.3 Å². The number of benzene rings is 1. The van der Waals surface area contributed by atoms with Crippen LogP contribution in [0.1, 0.15) is 24.5 Å². The van der Waals surface area contributed by atoms with Crippen molar-refractivity contribution in [2.45, 2.75) is 37.1 Å². The van der Waals surface area contributed by atoms with Crippen molar-refractivity contribution < 1.29 is 0 Å². The first kappa shape index (κ1) is 13.5. The van der Waals surface area contributed by atoms with Crippen molar-refractivity contribution in [2.24, 2.45) is 0 Å². The second-order valence-corrected chi connectivity index (χ2v) is 6.88. The molecule has 1 atom stereocenters. The van der Waals surface area contributed by atoms with E-state index in [-0.39, 0.29) is 0 Å². The molecule has 0 aromatic heterocycles. The van der Waals surface area contributed by atoms with Crippen molar-refractivity contribution in [1.29, 1.82) is 0 Å². The summed E-state index contributed by atoms with van der Waals surface area (Å²) >= 11 is 1.96. The molecule has 2 aliphatic rings. The molecule has 3 heteroatoms. The lowest BCUT2D eigenvalue weighted by Crippen LogP contribution is -2.50. The van der Waals surface area contributed by atoms with Gasteiger partial charge in [-0.2, -0.15) is 0 Å². The van der Waals surface area contributed by atoms with Crippen molar-refractivity contribution >= 4 is 11.8 Å². The zero-order valence-corrected chi connectivity index (χ0v) is 12.6. The summed E-state index contributed by atoms with van der Waals surface area (Å²) in [7, 11) is 0. The van der Waals surface area contributed by atoms with Gasteiger partial charge in [0.1, 0.15) is 0 Å². The van der Waals surface area contributed by atoms with E-state index in [1.54, 1.807) is 11.1 Å². The number of hydrogen-bond donors (Lipinski definition) is 1. The van der Waals surface area contributed by atoms with Crippen LogP contribution in [0.5, 0.6) is 0 Å². The second-order valence-electron chi connectivity index (χ2n) is 5.55. The molecule has 3 rings (SSSR count). The third-order valence-electron chi connectivity index (χ3n) is 4.36. The standard InChI is InChI=1S/C16H24N2S/c1-2-19-16-6-4-13-11-15(5-3-14(13)12-16)18-9-7-17-8-10-18/h4,6,12,15,17H,2-3,5,7-11H2,1H3. The molecule has 1 saturated heterocycles. The Balaban J connectivity index is 1.69. The number of aryl methyl sites for hydroxylation is 1. The van der Waals surface area contributed by atoms with E-state index in [1.807, 2.05) is 11.8 Å². The lowest BCUT2D eigenvalue weighted by Gasteiger charge is -2.37. The summed E-state index contributed by atoms with van der Waals surface area (Å²) in [6, 6.07) is 7.89. The van der Waals surface area contributed by atoms with E-state index >= 15 is 0 Å². The maximum Gasteiger partial charge on any atom is 0.0140 e. The third-order valence-corrected chi connectivity index (χ3v) is 5.24. The monoisotopic (exact) mass is 276 g/mol. The van der Waals surface area contributed by atoms with Gasteiger partial charge in [0.25, 0.3) is 0 Å². The first-order valence-electron chi connectivity index (χ1n) is 7.56. The van der Waals surface area contributed by atoms with Crippen LogP contribution in [-0.2, 0) is 12.8 Å². The highest BCUT2D eigenvalue weighted by Gasteiger charge is 2.25. The molecule has 1 fully saturated rings. The maximum absolute atomic E-state index is 3.45. The molecular weight excluding hydrogens is 252 g/mol.